The van der Waals surface area contributed by atoms with Gasteiger partial charge in [-0.3, -0.25) is 4.90 Å². The van der Waals surface area contributed by atoms with Gasteiger partial charge in [0.05, 0.1) is 19.2 Å². The number of nitrogens with one attached hydrogen (secondary N) is 1. The Bertz CT molecular complexity index is 1730. The normalized spacial score (nSPS) is 18.4. The van der Waals surface area contributed by atoms with Crippen molar-refractivity contribution < 1.29 is 23.0 Å². The van der Waals surface area contributed by atoms with E-state index in [1.165, 1.54) is 55.4 Å². The molecule has 2 unspecified atom stereocenters. The number of anilines is 1. The largest absolute Gasteiger partial charge is 0.508 e. The van der Waals surface area contributed by atoms with Crippen molar-refractivity contribution in [2.45, 2.75) is 38.4 Å². The van der Waals surface area contributed by atoms with Crippen LogP contribution < -0.4 is 27.3 Å². The molecule has 0 saturated carbocycles. The molecule has 6 rings (SSSR count). The highest BCUT2D eigenvalue weighted by Crippen LogP contribution is 2.37. The van der Waals surface area contributed by atoms with Gasteiger partial charge in [-0.25, -0.2) is 19.4 Å². The molecule has 2 aromatic carbocycles. The second-order valence-corrected chi connectivity index (χ2v) is 10.8. The molecule has 43 heavy (non-hydrogen) atoms. The first-order valence-corrected chi connectivity index (χ1v) is 13.9. The molecule has 0 radical (unpaired) electrons. The maximum Gasteiger partial charge on any atom is 0.349 e. The van der Waals surface area contributed by atoms with Crippen LogP contribution in [-0.2, 0) is 0 Å². The number of nitrogens with zero attached hydrogens (tertiary/aromatic N) is 4. The van der Waals surface area contributed by atoms with E-state index in [0.29, 0.717) is 29.2 Å². The lowest BCUT2D eigenvalue weighted by atomic mass is 9.98. The topological polar surface area (TPSA) is 156 Å². The monoisotopic (exact) mass is 595 g/mol. The van der Waals surface area contributed by atoms with Gasteiger partial charge in [-0.05, 0) is 56.3 Å². The van der Waals surface area contributed by atoms with Crippen molar-refractivity contribution in [3.8, 4) is 23.1 Å². The summed E-state index contributed by atoms with van der Waals surface area (Å²) in [6.07, 6.45) is 4.31. The number of alkyl halides is 1. The first kappa shape index (κ1) is 30.0. The molecule has 11 nitrogen and oxygen atoms in total. The van der Waals surface area contributed by atoms with E-state index < -0.39 is 17.6 Å². The van der Waals surface area contributed by atoms with Crippen LogP contribution in [0.15, 0.2) is 51.4 Å². The summed E-state index contributed by atoms with van der Waals surface area (Å²) in [4.78, 5) is 24.0. The van der Waals surface area contributed by atoms with Crippen molar-refractivity contribution in [3.05, 3.63) is 64.0 Å². The Hall–Kier alpha value is -4.49. The van der Waals surface area contributed by atoms with Gasteiger partial charge in [0, 0.05) is 48.0 Å². The van der Waals surface area contributed by atoms with Crippen LogP contribution in [0.1, 0.15) is 24.8 Å². The molecule has 0 aliphatic carbocycles. The van der Waals surface area contributed by atoms with Gasteiger partial charge < -0.3 is 30.3 Å². The summed E-state index contributed by atoms with van der Waals surface area (Å²) >= 11 is 0. The fourth-order valence-electron chi connectivity index (χ4n) is 5.77. The molecule has 2 fully saturated rings. The molecule has 4 heterocycles. The van der Waals surface area contributed by atoms with E-state index in [1.807, 2.05) is 0 Å². The average molecular weight is 596 g/mol. The van der Waals surface area contributed by atoms with Crippen molar-refractivity contribution in [2.75, 3.05) is 39.1 Å². The number of halogens is 2. The zero-order valence-corrected chi connectivity index (χ0v) is 24.2. The lowest BCUT2D eigenvalue weighted by Crippen LogP contribution is -2.23. The molecule has 2 aromatic heterocycles. The van der Waals surface area contributed by atoms with Crippen molar-refractivity contribution in [3.63, 3.8) is 0 Å². The maximum absolute atomic E-state index is 14.8. The van der Waals surface area contributed by atoms with E-state index in [4.69, 9.17) is 20.7 Å². The van der Waals surface area contributed by atoms with Crippen molar-refractivity contribution >= 4 is 27.5 Å². The molecule has 2 saturated heterocycles. The molecule has 6 N–H and O–H groups in total. The third kappa shape index (κ3) is 6.32. The number of nitrogens with two attached hydrogens (primary N) is 2. The van der Waals surface area contributed by atoms with Gasteiger partial charge in [0.2, 0.25) is 0 Å². The number of methoxy groups -OCH3 is 1. The Morgan fingerprint density at radius 3 is 2.84 bits per heavy atom. The Balaban J connectivity index is 0.000000345. The Morgan fingerprint density at radius 2 is 2.12 bits per heavy atom. The standard InChI is InChI=1S/C23H23FN6O4.C7H12FN/c1-11-19-18(21(29-23(28-19)33-3)27-9-13(25)10-30(2)26)22(32)34-20(11)15-8-14(31)7-12-5-4-6-16(24)17(12)15;8-6-4-7-2-1-3-9(7)5-6/h4-8,10,31H,9,25-26H2,1-3H3,(H,27,28,29);6-7H,1-5H2/b13-10-;. The van der Waals surface area contributed by atoms with Crippen LogP contribution in [0.5, 0.6) is 11.8 Å². The van der Waals surface area contributed by atoms with Gasteiger partial charge in [-0.2, -0.15) is 9.97 Å². The number of ether oxygens (including phenoxy) is 1. The van der Waals surface area contributed by atoms with E-state index in [2.05, 4.69) is 20.2 Å². The third-order valence-electron chi connectivity index (χ3n) is 7.61. The first-order chi connectivity index (χ1) is 20.5. The van der Waals surface area contributed by atoms with Crippen LogP contribution >= 0.6 is 0 Å². The zero-order valence-electron chi connectivity index (χ0n) is 24.2. The van der Waals surface area contributed by atoms with Gasteiger partial charge in [0.15, 0.2) is 0 Å². The van der Waals surface area contributed by atoms with Gasteiger partial charge >= 0.3 is 11.6 Å². The number of benzene rings is 2. The molecule has 228 valence electrons. The Labute approximate surface area is 246 Å². The highest BCUT2D eigenvalue weighted by molar-refractivity contribution is 6.00. The van der Waals surface area contributed by atoms with E-state index >= 15 is 0 Å². The quantitative estimate of drug-likeness (QED) is 0.190. The predicted molar refractivity (Wildman–Crippen MR) is 161 cm³/mol. The van der Waals surface area contributed by atoms with Crippen molar-refractivity contribution in [2.24, 2.45) is 11.6 Å². The van der Waals surface area contributed by atoms with Crippen LogP contribution in [0.4, 0.5) is 14.6 Å². The number of hydrogen-bond acceptors (Lipinski definition) is 11. The number of rotatable bonds is 6. The fraction of sp³-hybridized carbons (Fsp3) is 0.367. The van der Waals surface area contributed by atoms with Gasteiger partial charge in [0.25, 0.3) is 0 Å². The molecule has 0 spiro atoms. The third-order valence-corrected chi connectivity index (χ3v) is 7.61. The van der Waals surface area contributed by atoms with Crippen LogP contribution in [0, 0.1) is 12.7 Å². The number of hydrogen-bond donors (Lipinski definition) is 4. The second kappa shape index (κ2) is 12.4. The molecule has 2 atom stereocenters. The molecule has 4 aromatic rings. The summed E-state index contributed by atoms with van der Waals surface area (Å²) in [7, 11) is 3.01. The van der Waals surface area contributed by atoms with Gasteiger partial charge in [-0.15, -0.1) is 0 Å². The fourth-order valence-corrected chi connectivity index (χ4v) is 5.77. The number of fused-ring (bicyclic) bond motifs is 3. The highest BCUT2D eigenvalue weighted by Gasteiger charge is 2.34. The summed E-state index contributed by atoms with van der Waals surface area (Å²) in [6, 6.07) is 7.86. The molecular formula is C30H35F2N7O4. The van der Waals surface area contributed by atoms with E-state index in [0.717, 1.165) is 13.0 Å². The van der Waals surface area contributed by atoms with Crippen LogP contribution in [0.3, 0.4) is 0 Å². The van der Waals surface area contributed by atoms with Gasteiger partial charge in [0.1, 0.15) is 34.7 Å². The van der Waals surface area contributed by atoms with Crippen LogP contribution in [0.2, 0.25) is 0 Å². The second-order valence-electron chi connectivity index (χ2n) is 10.8. The number of phenols is 1. The highest BCUT2D eigenvalue weighted by atomic mass is 19.1. The molecular weight excluding hydrogens is 560 g/mol. The summed E-state index contributed by atoms with van der Waals surface area (Å²) in [5, 5.41) is 15.2. The zero-order chi connectivity index (χ0) is 30.8. The summed E-state index contributed by atoms with van der Waals surface area (Å²) in [6.45, 7) is 3.65. The molecule has 2 aliphatic heterocycles. The predicted octanol–water partition coefficient (Wildman–Crippen LogP) is 3.78. The van der Waals surface area contributed by atoms with Crippen LogP contribution in [-0.4, -0.2) is 71.0 Å². The minimum absolute atomic E-state index is 0.0000847. The number of hydrazine groups is 1. The number of phenolic OH excluding ortho intramolecular Hbond substituents is 1. The van der Waals surface area contributed by atoms with E-state index in [1.54, 1.807) is 20.0 Å². The minimum atomic E-state index is -0.757. The summed E-state index contributed by atoms with van der Waals surface area (Å²) in [5.41, 5.74) is 6.44. The molecule has 2 aliphatic rings. The molecule has 13 heteroatoms. The van der Waals surface area contributed by atoms with Crippen LogP contribution in [0.25, 0.3) is 33.0 Å². The Morgan fingerprint density at radius 1 is 1.33 bits per heavy atom. The maximum atomic E-state index is 14.8. The number of aromatic hydroxyl groups is 1. The SMILES string of the molecule is COc1nc(NC/C(N)=C/N(C)N)c2c(=O)oc(-c3cc(O)cc4cccc(F)c34)c(C)c2n1.FC1CC2CCCN2C1. The van der Waals surface area contributed by atoms with E-state index in [9.17, 15) is 18.7 Å². The van der Waals surface area contributed by atoms with Crippen molar-refractivity contribution in [1.82, 2.24) is 19.9 Å². The smallest absolute Gasteiger partial charge is 0.349 e. The van der Waals surface area contributed by atoms with Crippen molar-refractivity contribution in [1.29, 1.82) is 0 Å². The van der Waals surface area contributed by atoms with E-state index in [-0.39, 0.29) is 51.7 Å². The number of aryl methyl sites for hydroxylation is 1. The molecule has 0 bridgehead atoms. The van der Waals surface area contributed by atoms with Gasteiger partial charge in [-0.1, -0.05) is 12.1 Å². The average Bonchev–Trinajstić information content (AvgIpc) is 3.54. The minimum Gasteiger partial charge on any atom is -0.508 e. The lowest BCUT2D eigenvalue weighted by molar-refractivity contribution is 0.292. The Kier molecular flexibility index (Phi) is 8.64. The number of aromatic nitrogens is 2. The first-order valence-electron chi connectivity index (χ1n) is 13.9. The molecule has 0 amide bonds. The lowest BCUT2D eigenvalue weighted by Gasteiger charge is -2.14. The summed E-state index contributed by atoms with van der Waals surface area (Å²) < 4.78 is 38.2. The summed E-state index contributed by atoms with van der Waals surface area (Å²) in [5.74, 6) is 5.15.